The highest BCUT2D eigenvalue weighted by Gasteiger charge is 2.30. The van der Waals surface area contributed by atoms with Crippen molar-refractivity contribution in [3.8, 4) is 0 Å². The van der Waals surface area contributed by atoms with Crippen LogP contribution >= 0.6 is 0 Å². The third-order valence-electron chi connectivity index (χ3n) is 2.04. The normalized spacial score (nSPS) is 11.0. The van der Waals surface area contributed by atoms with E-state index in [1.54, 1.807) is 0 Å². The zero-order valence-electron chi connectivity index (χ0n) is 10.0. The molecule has 0 fully saturated rings. The summed E-state index contributed by atoms with van der Waals surface area (Å²) in [4.78, 5) is 0. The molecule has 1 aromatic carbocycles. The van der Waals surface area contributed by atoms with E-state index in [0.29, 0.717) is 11.3 Å². The summed E-state index contributed by atoms with van der Waals surface area (Å²) in [5.74, 6) is -0.00250. The van der Waals surface area contributed by atoms with Crippen LogP contribution in [0, 0.1) is 0 Å². The summed E-state index contributed by atoms with van der Waals surface area (Å²) in [6.45, 7) is 7.62. The van der Waals surface area contributed by atoms with Gasteiger partial charge in [0.1, 0.15) is 0 Å². The van der Waals surface area contributed by atoms with E-state index in [-0.39, 0.29) is 5.92 Å². The third-order valence-corrected chi connectivity index (χ3v) is 2.04. The molecule has 0 amide bonds. The van der Waals surface area contributed by atoms with Crippen LogP contribution in [0.3, 0.4) is 0 Å². The van der Waals surface area contributed by atoms with Gasteiger partial charge < -0.3 is 5.73 Å². The lowest BCUT2D eigenvalue weighted by Crippen LogP contribution is -2.07. The number of alkyl halides is 3. The van der Waals surface area contributed by atoms with Crippen LogP contribution in [0.2, 0.25) is 0 Å². The fourth-order valence-corrected chi connectivity index (χ4v) is 1.25. The molecule has 4 heteroatoms. The van der Waals surface area contributed by atoms with E-state index in [4.69, 9.17) is 5.73 Å². The minimum absolute atomic E-state index is 0.00250. The van der Waals surface area contributed by atoms with Gasteiger partial charge in [0, 0.05) is 5.69 Å². The number of rotatable bonds is 1. The van der Waals surface area contributed by atoms with Crippen molar-refractivity contribution >= 4 is 5.69 Å². The maximum atomic E-state index is 12.3. The van der Waals surface area contributed by atoms with E-state index in [2.05, 4.69) is 0 Å². The second-order valence-corrected chi connectivity index (χ2v) is 3.50. The monoisotopic (exact) mass is 233 g/mol. The Bertz CT molecular complexity index is 330. The minimum atomic E-state index is -4.29. The van der Waals surface area contributed by atoms with Crippen LogP contribution in [0.25, 0.3) is 0 Å². The van der Waals surface area contributed by atoms with Gasteiger partial charge in [-0.1, -0.05) is 27.7 Å². The Morgan fingerprint density at radius 1 is 1.12 bits per heavy atom. The van der Waals surface area contributed by atoms with Crippen LogP contribution in [0.15, 0.2) is 18.2 Å². The first kappa shape index (κ1) is 14.8. The molecule has 2 N–H and O–H groups in total. The van der Waals surface area contributed by atoms with Crippen molar-refractivity contribution in [3.63, 3.8) is 0 Å². The molecule has 92 valence electrons. The summed E-state index contributed by atoms with van der Waals surface area (Å²) in [5.41, 5.74) is 5.87. The van der Waals surface area contributed by atoms with Gasteiger partial charge in [-0.25, -0.2) is 0 Å². The predicted octanol–water partition coefficient (Wildman–Crippen LogP) is 4.44. The van der Waals surface area contributed by atoms with Gasteiger partial charge in [0.05, 0.1) is 5.56 Å². The second kappa shape index (κ2) is 5.77. The minimum Gasteiger partial charge on any atom is -0.398 e. The molecule has 16 heavy (non-hydrogen) atoms. The van der Waals surface area contributed by atoms with E-state index >= 15 is 0 Å². The Morgan fingerprint density at radius 2 is 1.62 bits per heavy atom. The van der Waals surface area contributed by atoms with Crippen molar-refractivity contribution in [2.75, 3.05) is 5.73 Å². The molecule has 0 saturated heterocycles. The van der Waals surface area contributed by atoms with Gasteiger partial charge >= 0.3 is 6.18 Å². The highest BCUT2D eigenvalue weighted by atomic mass is 19.4. The fourth-order valence-electron chi connectivity index (χ4n) is 1.25. The van der Waals surface area contributed by atoms with Crippen LogP contribution in [-0.4, -0.2) is 0 Å². The smallest absolute Gasteiger partial charge is 0.398 e. The van der Waals surface area contributed by atoms with Crippen LogP contribution in [0.5, 0.6) is 0 Å². The Hall–Kier alpha value is -1.19. The number of nitrogens with two attached hydrogens (primary N) is 1. The van der Waals surface area contributed by atoms with Crippen LogP contribution in [0.4, 0.5) is 18.9 Å². The van der Waals surface area contributed by atoms with Gasteiger partial charge in [0.25, 0.3) is 0 Å². The summed E-state index contributed by atoms with van der Waals surface area (Å²) in [6, 6.07) is 3.42. The molecule has 0 saturated carbocycles. The van der Waals surface area contributed by atoms with Crippen molar-refractivity contribution < 1.29 is 13.2 Å². The third kappa shape index (κ3) is 3.76. The fraction of sp³-hybridized carbons (Fsp3) is 0.500. The Balaban J connectivity index is 0.00000106. The molecule has 0 aromatic heterocycles. The summed E-state index contributed by atoms with van der Waals surface area (Å²) < 4.78 is 37.0. The van der Waals surface area contributed by atoms with Gasteiger partial charge in [0.15, 0.2) is 0 Å². The molecule has 0 bridgehead atoms. The Labute approximate surface area is 94.5 Å². The van der Waals surface area contributed by atoms with E-state index in [1.807, 2.05) is 27.7 Å². The average Bonchev–Trinajstić information content (AvgIpc) is 2.19. The zero-order chi connectivity index (χ0) is 12.9. The van der Waals surface area contributed by atoms with E-state index in [0.717, 1.165) is 12.1 Å². The molecule has 1 rings (SSSR count). The molecule has 1 nitrogen and oxygen atoms in total. The number of anilines is 1. The lowest BCUT2D eigenvalue weighted by molar-refractivity contribution is -0.137. The SMILES string of the molecule is CC.CC(C)c1cc(C(F)(F)F)ccc1N. The van der Waals surface area contributed by atoms with Crippen LogP contribution in [0.1, 0.15) is 44.7 Å². The molecule has 0 radical (unpaired) electrons. The highest BCUT2D eigenvalue weighted by molar-refractivity contribution is 5.50. The zero-order valence-corrected chi connectivity index (χ0v) is 10.0. The van der Waals surface area contributed by atoms with Gasteiger partial charge in [-0.05, 0) is 29.7 Å². The van der Waals surface area contributed by atoms with Crippen molar-refractivity contribution in [1.82, 2.24) is 0 Å². The topological polar surface area (TPSA) is 26.0 Å². The van der Waals surface area contributed by atoms with Crippen molar-refractivity contribution in [3.05, 3.63) is 29.3 Å². The number of halogens is 3. The lowest BCUT2D eigenvalue weighted by atomic mass is 9.99. The molecule has 0 aliphatic carbocycles. The maximum Gasteiger partial charge on any atom is 0.416 e. The van der Waals surface area contributed by atoms with E-state index in [1.165, 1.54) is 6.07 Å². The van der Waals surface area contributed by atoms with Gasteiger partial charge in [-0.15, -0.1) is 0 Å². The number of hydrogen-bond acceptors (Lipinski definition) is 1. The molecule has 0 aliphatic rings. The second-order valence-electron chi connectivity index (χ2n) is 3.50. The lowest BCUT2D eigenvalue weighted by Gasteiger charge is -2.13. The summed E-state index contributed by atoms with van der Waals surface area (Å²) >= 11 is 0. The first-order valence-electron chi connectivity index (χ1n) is 5.29. The number of hydrogen-bond donors (Lipinski definition) is 1. The van der Waals surface area contributed by atoms with Crippen LogP contribution in [-0.2, 0) is 6.18 Å². The number of benzene rings is 1. The van der Waals surface area contributed by atoms with Crippen molar-refractivity contribution in [1.29, 1.82) is 0 Å². The quantitative estimate of drug-likeness (QED) is 0.713. The summed E-state index contributed by atoms with van der Waals surface area (Å²) in [5, 5.41) is 0. The van der Waals surface area contributed by atoms with E-state index in [9.17, 15) is 13.2 Å². The van der Waals surface area contributed by atoms with Crippen molar-refractivity contribution in [2.45, 2.75) is 39.8 Å². The average molecular weight is 233 g/mol. The highest BCUT2D eigenvalue weighted by Crippen LogP contribution is 2.33. The first-order valence-corrected chi connectivity index (χ1v) is 5.29. The van der Waals surface area contributed by atoms with Crippen molar-refractivity contribution in [2.24, 2.45) is 0 Å². The summed E-state index contributed by atoms with van der Waals surface area (Å²) in [6.07, 6.45) is -4.29. The van der Waals surface area contributed by atoms with E-state index < -0.39 is 11.7 Å². The summed E-state index contributed by atoms with van der Waals surface area (Å²) in [7, 11) is 0. The standard InChI is InChI=1S/C10H12F3N.C2H6/c1-6(2)8-5-7(10(11,12)13)3-4-9(8)14;1-2/h3-6H,14H2,1-2H3;1-2H3. The van der Waals surface area contributed by atoms with Gasteiger partial charge in [0.2, 0.25) is 0 Å². The van der Waals surface area contributed by atoms with Crippen LogP contribution < -0.4 is 5.73 Å². The largest absolute Gasteiger partial charge is 0.416 e. The molecular formula is C12H18F3N. The predicted molar refractivity (Wildman–Crippen MR) is 61.3 cm³/mol. The van der Waals surface area contributed by atoms with Gasteiger partial charge in [-0.2, -0.15) is 13.2 Å². The molecule has 1 aromatic rings. The number of nitrogen functional groups attached to an aromatic ring is 1. The maximum absolute atomic E-state index is 12.3. The molecule has 0 heterocycles. The molecule has 0 atom stereocenters. The molecule has 0 aliphatic heterocycles. The molecular weight excluding hydrogens is 215 g/mol. The Morgan fingerprint density at radius 3 is 2.00 bits per heavy atom. The molecule has 0 spiro atoms. The van der Waals surface area contributed by atoms with Gasteiger partial charge in [-0.3, -0.25) is 0 Å². The first-order chi connectivity index (χ1) is 7.32. The Kier molecular flexibility index (Phi) is 5.35. The molecule has 0 unspecified atom stereocenters.